The van der Waals surface area contributed by atoms with Crippen LogP contribution in [-0.2, 0) is 23.9 Å². The molecule has 1 aliphatic carbocycles. The summed E-state index contributed by atoms with van der Waals surface area (Å²) in [6, 6.07) is 0. The maximum absolute atomic E-state index is 11.7. The Morgan fingerprint density at radius 1 is 1.00 bits per heavy atom. The third kappa shape index (κ3) is 5.48. The van der Waals surface area contributed by atoms with E-state index >= 15 is 0 Å². The van der Waals surface area contributed by atoms with E-state index in [0.717, 1.165) is 19.3 Å². The minimum Gasteiger partial charge on any atom is -0.478 e. The second-order valence-corrected chi connectivity index (χ2v) is 5.23. The number of esters is 1. The van der Waals surface area contributed by atoms with Crippen molar-refractivity contribution in [2.24, 2.45) is 5.92 Å². The van der Waals surface area contributed by atoms with E-state index in [1.807, 2.05) is 0 Å². The standard InChI is InChI=1S/C15H22O7/c1-21-7-8-22-12(16)9-11(14(17)18)13(15(19)20)10-5-3-2-4-6-10/h10H,2-9H2,1H3,(H,17,18)(H,19,20). The summed E-state index contributed by atoms with van der Waals surface area (Å²) < 4.78 is 9.55. The van der Waals surface area contributed by atoms with Crippen molar-refractivity contribution >= 4 is 17.9 Å². The van der Waals surface area contributed by atoms with Crippen LogP contribution in [0.4, 0.5) is 0 Å². The maximum Gasteiger partial charge on any atom is 0.332 e. The van der Waals surface area contributed by atoms with E-state index in [1.54, 1.807) is 0 Å². The highest BCUT2D eigenvalue weighted by Crippen LogP contribution is 2.32. The molecule has 0 aromatic heterocycles. The normalized spacial score (nSPS) is 16.8. The third-order valence-electron chi connectivity index (χ3n) is 3.70. The quantitative estimate of drug-likeness (QED) is 0.398. The van der Waals surface area contributed by atoms with Crippen LogP contribution < -0.4 is 0 Å². The van der Waals surface area contributed by atoms with E-state index in [9.17, 15) is 24.6 Å². The molecule has 22 heavy (non-hydrogen) atoms. The first kappa shape index (κ1) is 18.2. The van der Waals surface area contributed by atoms with Gasteiger partial charge < -0.3 is 19.7 Å². The van der Waals surface area contributed by atoms with Gasteiger partial charge in [-0.05, 0) is 18.8 Å². The van der Waals surface area contributed by atoms with Gasteiger partial charge in [-0.3, -0.25) is 4.79 Å². The molecule has 0 atom stereocenters. The summed E-state index contributed by atoms with van der Waals surface area (Å²) in [5.74, 6) is -3.73. The Kier molecular flexibility index (Phi) is 7.59. The van der Waals surface area contributed by atoms with Crippen molar-refractivity contribution < 1.29 is 34.1 Å². The second kappa shape index (κ2) is 9.19. The fourth-order valence-corrected chi connectivity index (χ4v) is 2.66. The number of ether oxygens (including phenoxy) is 2. The number of carboxylic acid groups (broad SMARTS) is 2. The Labute approximate surface area is 128 Å². The SMILES string of the molecule is COCCOC(=O)CC(C(=O)O)=C(C(=O)O)C1CCCCC1. The number of hydrogen-bond acceptors (Lipinski definition) is 5. The van der Waals surface area contributed by atoms with E-state index in [-0.39, 0.29) is 30.3 Å². The lowest BCUT2D eigenvalue weighted by Crippen LogP contribution is -2.23. The van der Waals surface area contributed by atoms with Gasteiger partial charge in [0.05, 0.1) is 24.2 Å². The number of carboxylic acids is 2. The Balaban J connectivity index is 2.92. The van der Waals surface area contributed by atoms with Crippen molar-refractivity contribution in [3.05, 3.63) is 11.1 Å². The topological polar surface area (TPSA) is 110 Å². The van der Waals surface area contributed by atoms with E-state index in [2.05, 4.69) is 0 Å². The minimum absolute atomic E-state index is 0.00800. The molecule has 2 N–H and O–H groups in total. The van der Waals surface area contributed by atoms with Crippen LogP contribution in [0.5, 0.6) is 0 Å². The number of methoxy groups -OCH3 is 1. The lowest BCUT2D eigenvalue weighted by atomic mass is 9.81. The maximum atomic E-state index is 11.7. The zero-order valence-electron chi connectivity index (χ0n) is 12.7. The summed E-state index contributed by atoms with van der Waals surface area (Å²) in [7, 11) is 1.45. The molecule has 0 spiro atoms. The fourth-order valence-electron chi connectivity index (χ4n) is 2.66. The zero-order valence-corrected chi connectivity index (χ0v) is 12.7. The number of carbonyl (C=O) groups is 3. The van der Waals surface area contributed by atoms with E-state index in [1.165, 1.54) is 7.11 Å². The molecule has 0 aliphatic heterocycles. The highest BCUT2D eigenvalue weighted by molar-refractivity contribution is 6.02. The average molecular weight is 314 g/mol. The van der Waals surface area contributed by atoms with Crippen LogP contribution in [-0.4, -0.2) is 48.4 Å². The smallest absolute Gasteiger partial charge is 0.332 e. The van der Waals surface area contributed by atoms with Crippen molar-refractivity contribution in [1.82, 2.24) is 0 Å². The van der Waals surface area contributed by atoms with Gasteiger partial charge in [-0.2, -0.15) is 0 Å². The van der Waals surface area contributed by atoms with Gasteiger partial charge in [0.25, 0.3) is 0 Å². The Hall–Kier alpha value is -1.89. The molecule has 0 unspecified atom stereocenters. The molecular weight excluding hydrogens is 292 g/mol. The number of carbonyl (C=O) groups excluding carboxylic acids is 1. The van der Waals surface area contributed by atoms with Crippen LogP contribution in [0.3, 0.4) is 0 Å². The highest BCUT2D eigenvalue weighted by atomic mass is 16.6. The number of hydrogen-bond donors (Lipinski definition) is 2. The molecule has 0 aromatic carbocycles. The molecular formula is C15H22O7. The lowest BCUT2D eigenvalue weighted by Gasteiger charge is -2.23. The van der Waals surface area contributed by atoms with E-state index in [0.29, 0.717) is 12.8 Å². The van der Waals surface area contributed by atoms with Crippen molar-refractivity contribution in [3.63, 3.8) is 0 Å². The van der Waals surface area contributed by atoms with Gasteiger partial charge in [0.2, 0.25) is 0 Å². The first-order chi connectivity index (χ1) is 10.5. The molecule has 7 nitrogen and oxygen atoms in total. The predicted molar refractivity (Wildman–Crippen MR) is 76.3 cm³/mol. The molecule has 0 amide bonds. The minimum atomic E-state index is -1.38. The Morgan fingerprint density at radius 3 is 2.14 bits per heavy atom. The predicted octanol–water partition coefficient (Wildman–Crippen LogP) is 1.61. The van der Waals surface area contributed by atoms with Crippen molar-refractivity contribution in [1.29, 1.82) is 0 Å². The van der Waals surface area contributed by atoms with Gasteiger partial charge in [0, 0.05) is 7.11 Å². The molecule has 0 bridgehead atoms. The largest absolute Gasteiger partial charge is 0.478 e. The first-order valence-electron chi connectivity index (χ1n) is 7.31. The van der Waals surface area contributed by atoms with Crippen molar-refractivity contribution in [2.45, 2.75) is 38.5 Å². The van der Waals surface area contributed by atoms with E-state index in [4.69, 9.17) is 9.47 Å². The van der Waals surface area contributed by atoms with E-state index < -0.39 is 24.3 Å². The summed E-state index contributed by atoms with van der Waals surface area (Å²) in [5.41, 5.74) is -0.530. The molecule has 0 heterocycles. The Bertz CT molecular complexity index is 447. The van der Waals surface area contributed by atoms with Crippen LogP contribution in [0.15, 0.2) is 11.1 Å². The van der Waals surface area contributed by atoms with Crippen molar-refractivity contribution in [3.8, 4) is 0 Å². The van der Waals surface area contributed by atoms with Gasteiger partial charge >= 0.3 is 17.9 Å². The van der Waals surface area contributed by atoms with Crippen LogP contribution in [0, 0.1) is 5.92 Å². The Morgan fingerprint density at radius 2 is 1.64 bits per heavy atom. The summed E-state index contributed by atoms with van der Waals surface area (Å²) in [4.78, 5) is 34.6. The molecule has 1 saturated carbocycles. The zero-order chi connectivity index (χ0) is 16.5. The van der Waals surface area contributed by atoms with Gasteiger partial charge in [-0.1, -0.05) is 19.3 Å². The molecule has 124 valence electrons. The molecule has 1 rings (SSSR count). The number of rotatable bonds is 8. The molecule has 7 heteroatoms. The van der Waals surface area contributed by atoms with Gasteiger partial charge in [-0.15, -0.1) is 0 Å². The fraction of sp³-hybridized carbons (Fsp3) is 0.667. The monoisotopic (exact) mass is 314 g/mol. The van der Waals surface area contributed by atoms with Crippen LogP contribution in [0.1, 0.15) is 38.5 Å². The highest BCUT2D eigenvalue weighted by Gasteiger charge is 2.30. The first-order valence-corrected chi connectivity index (χ1v) is 7.31. The van der Waals surface area contributed by atoms with Gasteiger partial charge in [0.15, 0.2) is 0 Å². The summed E-state index contributed by atoms with van der Waals surface area (Å²) in [5, 5.41) is 18.7. The molecule has 0 saturated heterocycles. The molecule has 1 fully saturated rings. The lowest BCUT2D eigenvalue weighted by molar-refractivity contribution is -0.146. The second-order valence-electron chi connectivity index (χ2n) is 5.23. The third-order valence-corrected chi connectivity index (χ3v) is 3.70. The van der Waals surface area contributed by atoms with Crippen LogP contribution in [0.2, 0.25) is 0 Å². The molecule has 0 radical (unpaired) electrons. The molecule has 1 aliphatic rings. The summed E-state index contributed by atoms with van der Waals surface area (Å²) in [6.45, 7) is 0.209. The summed E-state index contributed by atoms with van der Waals surface area (Å²) >= 11 is 0. The average Bonchev–Trinajstić information content (AvgIpc) is 2.47. The van der Waals surface area contributed by atoms with Crippen molar-refractivity contribution in [2.75, 3.05) is 20.3 Å². The summed E-state index contributed by atoms with van der Waals surface area (Å²) in [6.07, 6.45) is 3.48. The van der Waals surface area contributed by atoms with Crippen LogP contribution in [0.25, 0.3) is 0 Å². The number of aliphatic carboxylic acids is 2. The van der Waals surface area contributed by atoms with Crippen LogP contribution >= 0.6 is 0 Å². The van der Waals surface area contributed by atoms with Gasteiger partial charge in [0.1, 0.15) is 6.61 Å². The van der Waals surface area contributed by atoms with Gasteiger partial charge in [-0.25, -0.2) is 9.59 Å². The molecule has 0 aromatic rings.